The Kier molecular flexibility index (Phi) is 5.97. The number of hydrogen-bond acceptors (Lipinski definition) is 4. The maximum absolute atomic E-state index is 13.8. The van der Waals surface area contributed by atoms with Crippen molar-refractivity contribution < 1.29 is 23.5 Å². The van der Waals surface area contributed by atoms with E-state index in [-0.39, 0.29) is 28.5 Å². The molecule has 0 amide bonds. The molecule has 1 heterocycles. The Morgan fingerprint density at radius 2 is 1.92 bits per heavy atom. The van der Waals surface area contributed by atoms with Gasteiger partial charge in [0.25, 0.3) is 0 Å². The van der Waals surface area contributed by atoms with Crippen LogP contribution >= 0.6 is 11.6 Å². The number of aryl methyl sites for hydroxylation is 1. The summed E-state index contributed by atoms with van der Waals surface area (Å²) in [6.07, 6.45) is -1.48. The number of esters is 1. The molecule has 0 aliphatic carbocycles. The van der Waals surface area contributed by atoms with Gasteiger partial charge in [-0.25, -0.2) is 4.39 Å². The van der Waals surface area contributed by atoms with Crippen molar-refractivity contribution in [2.75, 3.05) is 0 Å². The largest absolute Gasteiger partial charge is 0.454 e. The number of ketones is 2. The Labute approximate surface area is 155 Å². The van der Waals surface area contributed by atoms with Gasteiger partial charge in [-0.1, -0.05) is 17.7 Å². The highest BCUT2D eigenvalue weighted by molar-refractivity contribution is 6.31. The predicted molar refractivity (Wildman–Crippen MR) is 95.3 cm³/mol. The molecule has 0 saturated heterocycles. The molecule has 0 aliphatic rings. The molecule has 0 unspecified atom stereocenters. The van der Waals surface area contributed by atoms with E-state index < -0.39 is 23.7 Å². The van der Waals surface area contributed by atoms with Gasteiger partial charge in [-0.05, 0) is 45.4 Å². The second-order valence-corrected chi connectivity index (χ2v) is 6.46. The number of halogens is 2. The number of benzene rings is 1. The summed E-state index contributed by atoms with van der Waals surface area (Å²) in [6.45, 7) is 6.18. The van der Waals surface area contributed by atoms with Gasteiger partial charge in [0.05, 0.1) is 12.1 Å². The average molecular weight is 380 g/mol. The Bertz CT molecular complexity index is 868. The number of carbonyl (C=O) groups excluding carboxylic acids is 3. The van der Waals surface area contributed by atoms with Gasteiger partial charge in [-0.2, -0.15) is 0 Å². The molecule has 1 aromatic heterocycles. The molecule has 0 radical (unpaired) electrons. The number of carbonyl (C=O) groups is 3. The number of hydrogen-bond donors (Lipinski definition) is 1. The van der Waals surface area contributed by atoms with Gasteiger partial charge < -0.3 is 9.72 Å². The highest BCUT2D eigenvalue weighted by Crippen LogP contribution is 2.22. The minimum Gasteiger partial charge on any atom is -0.454 e. The van der Waals surface area contributed by atoms with Gasteiger partial charge in [0, 0.05) is 21.8 Å². The molecule has 26 heavy (non-hydrogen) atoms. The first-order valence-corrected chi connectivity index (χ1v) is 8.38. The lowest BCUT2D eigenvalue weighted by molar-refractivity contribution is -0.145. The Morgan fingerprint density at radius 3 is 2.46 bits per heavy atom. The minimum atomic E-state index is -1.09. The molecule has 0 aliphatic heterocycles. The maximum atomic E-state index is 13.8. The lowest BCUT2D eigenvalue weighted by atomic mass is 10.0. The summed E-state index contributed by atoms with van der Waals surface area (Å²) in [6, 6.07) is 4.09. The lowest BCUT2D eigenvalue weighted by Crippen LogP contribution is -2.26. The highest BCUT2D eigenvalue weighted by atomic mass is 35.5. The van der Waals surface area contributed by atoms with Gasteiger partial charge in [0.15, 0.2) is 11.9 Å². The van der Waals surface area contributed by atoms with Crippen LogP contribution in [0, 0.1) is 19.7 Å². The summed E-state index contributed by atoms with van der Waals surface area (Å²) < 4.78 is 18.9. The molecule has 1 N–H and O–H groups in total. The predicted octanol–water partition coefficient (Wildman–Crippen LogP) is 3.98. The molecule has 0 spiro atoms. The third-order valence-corrected chi connectivity index (χ3v) is 4.45. The zero-order valence-electron chi connectivity index (χ0n) is 14.9. The van der Waals surface area contributed by atoms with Crippen molar-refractivity contribution in [1.82, 2.24) is 4.98 Å². The Balaban J connectivity index is 2.13. The number of ether oxygens (including phenoxy) is 1. The molecular weight excluding hydrogens is 361 g/mol. The first kappa shape index (κ1) is 19.8. The van der Waals surface area contributed by atoms with E-state index in [1.54, 1.807) is 13.8 Å². The number of aromatic nitrogens is 1. The molecule has 7 heteroatoms. The molecule has 1 aromatic carbocycles. The normalized spacial score (nSPS) is 11.9. The van der Waals surface area contributed by atoms with Crippen LogP contribution in [-0.4, -0.2) is 28.6 Å². The van der Waals surface area contributed by atoms with E-state index in [0.717, 1.165) is 0 Å². The van der Waals surface area contributed by atoms with Crippen LogP contribution in [0.2, 0.25) is 5.02 Å². The summed E-state index contributed by atoms with van der Waals surface area (Å²) in [5.41, 5.74) is 1.78. The van der Waals surface area contributed by atoms with E-state index >= 15 is 0 Å². The molecule has 5 nitrogen and oxygen atoms in total. The Morgan fingerprint density at radius 1 is 1.27 bits per heavy atom. The van der Waals surface area contributed by atoms with Crippen LogP contribution in [0.25, 0.3) is 0 Å². The standard InChI is InChI=1S/C19H19ClFNO4/c1-9-17(11(3)23)10(2)22-18(9)19(25)12(4)26-16(24)8-13-14(20)6-5-7-15(13)21/h5-7,12,22H,8H2,1-4H3/t12-/m1/s1. The van der Waals surface area contributed by atoms with Crippen LogP contribution in [0.1, 0.15) is 51.5 Å². The molecule has 0 bridgehead atoms. The van der Waals surface area contributed by atoms with Crippen molar-refractivity contribution in [3.63, 3.8) is 0 Å². The number of nitrogens with one attached hydrogen (secondary N) is 1. The first-order chi connectivity index (χ1) is 12.1. The zero-order valence-corrected chi connectivity index (χ0v) is 15.7. The van der Waals surface area contributed by atoms with Gasteiger partial charge in [0.2, 0.25) is 5.78 Å². The van der Waals surface area contributed by atoms with Crippen molar-refractivity contribution in [3.8, 4) is 0 Å². The summed E-state index contributed by atoms with van der Waals surface area (Å²) in [5, 5.41) is 0.114. The second-order valence-electron chi connectivity index (χ2n) is 6.05. The third-order valence-electron chi connectivity index (χ3n) is 4.10. The van der Waals surface area contributed by atoms with Crippen LogP contribution in [0.15, 0.2) is 18.2 Å². The van der Waals surface area contributed by atoms with Gasteiger partial charge in [-0.3, -0.25) is 14.4 Å². The van der Waals surface area contributed by atoms with E-state index in [0.29, 0.717) is 16.8 Å². The fraction of sp³-hybridized carbons (Fsp3) is 0.316. The quantitative estimate of drug-likeness (QED) is 0.608. The van der Waals surface area contributed by atoms with Crippen molar-refractivity contribution in [2.45, 2.75) is 40.2 Å². The topological polar surface area (TPSA) is 76.2 Å². The number of rotatable bonds is 6. The third kappa shape index (κ3) is 4.02. The SMILES string of the molecule is CC(=O)c1c(C)[nH]c(C(=O)[C@@H](C)OC(=O)Cc2c(F)cccc2Cl)c1C. The van der Waals surface area contributed by atoms with E-state index in [2.05, 4.69) is 4.98 Å². The van der Waals surface area contributed by atoms with E-state index in [1.807, 2.05) is 0 Å². The fourth-order valence-electron chi connectivity index (χ4n) is 2.87. The van der Waals surface area contributed by atoms with Gasteiger partial charge >= 0.3 is 5.97 Å². The van der Waals surface area contributed by atoms with Crippen LogP contribution in [0.3, 0.4) is 0 Å². The molecule has 2 aromatic rings. The van der Waals surface area contributed by atoms with Crippen LogP contribution in [0.4, 0.5) is 4.39 Å². The number of aromatic amines is 1. The van der Waals surface area contributed by atoms with Gasteiger partial charge in [-0.15, -0.1) is 0 Å². The summed E-state index contributed by atoms with van der Waals surface area (Å²) in [5.74, 6) is -2.01. The van der Waals surface area contributed by atoms with Gasteiger partial charge in [0.1, 0.15) is 5.82 Å². The molecular formula is C19H19ClFNO4. The van der Waals surface area contributed by atoms with E-state index in [9.17, 15) is 18.8 Å². The van der Waals surface area contributed by atoms with Crippen molar-refractivity contribution >= 4 is 29.1 Å². The van der Waals surface area contributed by atoms with Crippen LogP contribution in [0.5, 0.6) is 0 Å². The smallest absolute Gasteiger partial charge is 0.311 e. The molecule has 2 rings (SSSR count). The number of Topliss-reactive ketones (excluding diaryl/α,β-unsaturated/α-hetero) is 2. The molecule has 0 saturated carbocycles. The van der Waals surface area contributed by atoms with Crippen LogP contribution < -0.4 is 0 Å². The zero-order chi connectivity index (χ0) is 19.6. The fourth-order valence-corrected chi connectivity index (χ4v) is 3.10. The summed E-state index contributed by atoms with van der Waals surface area (Å²) in [7, 11) is 0. The van der Waals surface area contributed by atoms with E-state index in [1.165, 1.54) is 32.0 Å². The summed E-state index contributed by atoms with van der Waals surface area (Å²) in [4.78, 5) is 39.2. The monoisotopic (exact) mass is 379 g/mol. The molecule has 0 fully saturated rings. The summed E-state index contributed by atoms with van der Waals surface area (Å²) >= 11 is 5.89. The highest BCUT2D eigenvalue weighted by Gasteiger charge is 2.26. The second kappa shape index (κ2) is 7.83. The first-order valence-electron chi connectivity index (χ1n) is 8.00. The lowest BCUT2D eigenvalue weighted by Gasteiger charge is -2.13. The van der Waals surface area contributed by atoms with Crippen LogP contribution in [-0.2, 0) is 16.0 Å². The van der Waals surface area contributed by atoms with Crippen molar-refractivity contribution in [1.29, 1.82) is 0 Å². The Hall–Kier alpha value is -2.47. The maximum Gasteiger partial charge on any atom is 0.311 e. The minimum absolute atomic E-state index is 0.0181. The van der Waals surface area contributed by atoms with Crippen molar-refractivity contribution in [2.24, 2.45) is 0 Å². The average Bonchev–Trinajstić information content (AvgIpc) is 2.85. The molecule has 1 atom stereocenters. The number of H-pyrrole nitrogens is 1. The van der Waals surface area contributed by atoms with Crippen molar-refractivity contribution in [3.05, 3.63) is 57.1 Å². The van der Waals surface area contributed by atoms with E-state index in [4.69, 9.17) is 16.3 Å². The molecule has 138 valence electrons.